The lowest BCUT2D eigenvalue weighted by molar-refractivity contribution is -0.146. The Bertz CT molecular complexity index is 875. The van der Waals surface area contributed by atoms with Gasteiger partial charge in [0.05, 0.1) is 19.1 Å². The van der Waals surface area contributed by atoms with Crippen molar-refractivity contribution in [2.45, 2.75) is 52.3 Å². The third kappa shape index (κ3) is 11.6. The van der Waals surface area contributed by atoms with Gasteiger partial charge in [-0.15, -0.1) is 0 Å². The average molecular weight is 470 g/mol. The molecule has 0 radical (unpaired) electrons. The summed E-state index contributed by atoms with van der Waals surface area (Å²) < 4.78 is 5.18. The van der Waals surface area contributed by atoms with E-state index in [-0.39, 0.29) is 38.0 Å². The van der Waals surface area contributed by atoms with Gasteiger partial charge in [-0.05, 0) is 23.5 Å². The molecule has 1 atom stereocenters. The quantitative estimate of drug-likeness (QED) is 0.210. The van der Waals surface area contributed by atoms with Gasteiger partial charge in [0, 0.05) is 19.5 Å². The van der Waals surface area contributed by atoms with Crippen LogP contribution in [-0.4, -0.2) is 37.0 Å². The molecule has 3 N–H and O–H groups in total. The van der Waals surface area contributed by atoms with Crippen molar-refractivity contribution in [1.82, 2.24) is 16.1 Å². The fourth-order valence-corrected chi connectivity index (χ4v) is 3.17. The van der Waals surface area contributed by atoms with Gasteiger partial charge in [-0.3, -0.25) is 19.2 Å². The lowest BCUT2D eigenvalue weighted by Crippen LogP contribution is -2.45. The molecule has 0 fully saturated rings. The van der Waals surface area contributed by atoms with Gasteiger partial charge in [0.15, 0.2) is 0 Å². The van der Waals surface area contributed by atoms with Gasteiger partial charge in [-0.25, -0.2) is 5.48 Å². The summed E-state index contributed by atoms with van der Waals surface area (Å²) >= 11 is 0. The van der Waals surface area contributed by atoms with E-state index in [4.69, 9.17) is 9.57 Å². The summed E-state index contributed by atoms with van der Waals surface area (Å²) in [6.45, 7) is 5.27. The van der Waals surface area contributed by atoms with E-state index in [1.807, 2.05) is 74.5 Å². The number of esters is 1. The summed E-state index contributed by atoms with van der Waals surface area (Å²) in [5.74, 6) is -0.631. The molecule has 0 aliphatic rings. The predicted molar refractivity (Wildman–Crippen MR) is 129 cm³/mol. The molecular formula is C26H35N3O5. The fraction of sp³-hybridized carbons (Fsp3) is 0.423. The Hall–Kier alpha value is -3.23. The number of hydrogen-bond acceptors (Lipinski definition) is 6. The van der Waals surface area contributed by atoms with Crippen LogP contribution in [0.5, 0.6) is 0 Å². The minimum Gasteiger partial charge on any atom is -0.464 e. The Balaban J connectivity index is 1.60. The van der Waals surface area contributed by atoms with Crippen LogP contribution < -0.4 is 16.1 Å². The van der Waals surface area contributed by atoms with Crippen molar-refractivity contribution in [2.75, 3.05) is 13.2 Å². The van der Waals surface area contributed by atoms with Crippen LogP contribution in [0.1, 0.15) is 44.2 Å². The van der Waals surface area contributed by atoms with Gasteiger partial charge >= 0.3 is 5.97 Å². The number of amides is 2. The Morgan fingerprint density at radius 3 is 2.18 bits per heavy atom. The standard InChI is InChI=1S/C26H35N3O5/c1-20(2)17-23(26(32)28-18-21-9-5-3-6-10-21)27-15-16-33-25(31)14-13-24(30)29-34-19-22-11-7-4-8-12-22/h3-12,20,23,27H,13-19H2,1-2H3,(H,28,32)(H,29,30). The van der Waals surface area contributed by atoms with Gasteiger partial charge in [-0.1, -0.05) is 74.5 Å². The second-order valence-electron chi connectivity index (χ2n) is 8.36. The van der Waals surface area contributed by atoms with Gasteiger partial charge in [0.25, 0.3) is 0 Å². The molecule has 0 aliphatic carbocycles. The van der Waals surface area contributed by atoms with E-state index in [1.165, 1.54) is 0 Å². The van der Waals surface area contributed by atoms with Crippen LogP contribution in [0.15, 0.2) is 60.7 Å². The second-order valence-corrected chi connectivity index (χ2v) is 8.36. The molecule has 0 saturated carbocycles. The molecule has 1 unspecified atom stereocenters. The zero-order valence-electron chi connectivity index (χ0n) is 19.9. The number of carbonyl (C=O) groups is 3. The molecule has 8 heteroatoms. The second kappa shape index (κ2) is 15.6. The van der Waals surface area contributed by atoms with Crippen molar-refractivity contribution in [3.05, 3.63) is 71.8 Å². The first-order chi connectivity index (χ1) is 16.4. The normalized spacial score (nSPS) is 11.6. The number of benzene rings is 2. The Morgan fingerprint density at radius 2 is 1.53 bits per heavy atom. The maximum atomic E-state index is 12.6. The van der Waals surface area contributed by atoms with Crippen LogP contribution in [0.4, 0.5) is 0 Å². The van der Waals surface area contributed by atoms with E-state index in [0.717, 1.165) is 11.1 Å². The largest absolute Gasteiger partial charge is 0.464 e. The molecule has 34 heavy (non-hydrogen) atoms. The molecule has 184 valence electrons. The lowest BCUT2D eigenvalue weighted by atomic mass is 10.0. The third-order valence-corrected chi connectivity index (χ3v) is 4.91. The van der Waals surface area contributed by atoms with Gasteiger partial charge < -0.3 is 15.4 Å². The van der Waals surface area contributed by atoms with Crippen molar-refractivity contribution in [1.29, 1.82) is 0 Å². The van der Waals surface area contributed by atoms with Crippen molar-refractivity contribution in [3.63, 3.8) is 0 Å². The summed E-state index contributed by atoms with van der Waals surface area (Å²) in [4.78, 5) is 41.4. The lowest BCUT2D eigenvalue weighted by Gasteiger charge is -2.20. The van der Waals surface area contributed by atoms with Crippen LogP contribution in [0.3, 0.4) is 0 Å². The molecule has 0 bridgehead atoms. The molecule has 2 aromatic carbocycles. The van der Waals surface area contributed by atoms with Gasteiger partial charge in [-0.2, -0.15) is 0 Å². The van der Waals surface area contributed by atoms with E-state index < -0.39 is 11.9 Å². The monoisotopic (exact) mass is 469 g/mol. The fourth-order valence-electron chi connectivity index (χ4n) is 3.17. The summed E-state index contributed by atoms with van der Waals surface area (Å²) in [7, 11) is 0. The van der Waals surface area contributed by atoms with E-state index >= 15 is 0 Å². The van der Waals surface area contributed by atoms with Gasteiger partial charge in [0.1, 0.15) is 6.61 Å². The highest BCUT2D eigenvalue weighted by atomic mass is 16.6. The number of nitrogens with one attached hydrogen (secondary N) is 3. The number of hydrogen-bond donors (Lipinski definition) is 3. The first-order valence-corrected chi connectivity index (χ1v) is 11.6. The number of hydroxylamine groups is 1. The predicted octanol–water partition coefficient (Wildman–Crippen LogP) is 2.88. The maximum Gasteiger partial charge on any atom is 0.306 e. The first kappa shape index (κ1) is 27.0. The molecule has 8 nitrogen and oxygen atoms in total. The Kier molecular flexibility index (Phi) is 12.4. The van der Waals surface area contributed by atoms with Crippen LogP contribution in [0, 0.1) is 5.92 Å². The number of ether oxygens (including phenoxy) is 1. The molecule has 0 spiro atoms. The topological polar surface area (TPSA) is 106 Å². The number of carbonyl (C=O) groups excluding carboxylic acids is 3. The Labute approximate surface area is 201 Å². The summed E-state index contributed by atoms with van der Waals surface area (Å²) in [6.07, 6.45) is 0.587. The highest BCUT2D eigenvalue weighted by Gasteiger charge is 2.19. The molecule has 2 amide bonds. The highest BCUT2D eigenvalue weighted by Crippen LogP contribution is 2.06. The van der Waals surface area contributed by atoms with Crippen molar-refractivity contribution in [2.24, 2.45) is 5.92 Å². The summed E-state index contributed by atoms with van der Waals surface area (Å²) in [6, 6.07) is 18.8. The maximum absolute atomic E-state index is 12.6. The Morgan fingerprint density at radius 1 is 0.882 bits per heavy atom. The van der Waals surface area contributed by atoms with E-state index in [0.29, 0.717) is 25.4 Å². The molecule has 0 aliphatic heterocycles. The van der Waals surface area contributed by atoms with Crippen LogP contribution in [0.2, 0.25) is 0 Å². The summed E-state index contributed by atoms with van der Waals surface area (Å²) in [5.41, 5.74) is 4.28. The molecule has 2 aromatic rings. The molecule has 0 saturated heterocycles. The van der Waals surface area contributed by atoms with Gasteiger partial charge in [0.2, 0.25) is 11.8 Å². The molecular weight excluding hydrogens is 434 g/mol. The number of rotatable bonds is 15. The average Bonchev–Trinajstić information content (AvgIpc) is 2.84. The van der Waals surface area contributed by atoms with E-state index in [1.54, 1.807) is 0 Å². The SMILES string of the molecule is CC(C)CC(NCCOC(=O)CCC(=O)NOCc1ccccc1)C(=O)NCc1ccccc1. The van der Waals surface area contributed by atoms with E-state index in [2.05, 4.69) is 16.1 Å². The van der Waals surface area contributed by atoms with Crippen LogP contribution in [0.25, 0.3) is 0 Å². The van der Waals surface area contributed by atoms with Crippen molar-refractivity contribution in [3.8, 4) is 0 Å². The third-order valence-electron chi connectivity index (χ3n) is 4.91. The minimum atomic E-state index is -0.478. The smallest absolute Gasteiger partial charge is 0.306 e. The van der Waals surface area contributed by atoms with Crippen LogP contribution >= 0.6 is 0 Å². The minimum absolute atomic E-state index is 0.0289. The molecule has 0 aromatic heterocycles. The van der Waals surface area contributed by atoms with Crippen molar-refractivity contribution < 1.29 is 24.0 Å². The zero-order valence-corrected chi connectivity index (χ0v) is 19.9. The first-order valence-electron chi connectivity index (χ1n) is 11.6. The zero-order chi connectivity index (χ0) is 24.6. The van der Waals surface area contributed by atoms with Crippen LogP contribution in [-0.2, 0) is 37.1 Å². The highest BCUT2D eigenvalue weighted by molar-refractivity contribution is 5.82. The van der Waals surface area contributed by atoms with Crippen molar-refractivity contribution >= 4 is 17.8 Å². The molecule has 0 heterocycles. The summed E-state index contributed by atoms with van der Waals surface area (Å²) in [5, 5.41) is 6.11. The van der Waals surface area contributed by atoms with E-state index in [9.17, 15) is 14.4 Å². The molecule has 2 rings (SSSR count).